The second-order valence-electron chi connectivity index (χ2n) is 2.93. The number of halogens is 3. The summed E-state index contributed by atoms with van der Waals surface area (Å²) in [4.78, 5) is 20.9. The Morgan fingerprint density at radius 1 is 1.11 bits per heavy atom. The fraction of sp³-hybridized carbons (Fsp3) is 0.600. The molecule has 0 spiro atoms. The molecular formula is C10H17Cl3N2O2S2. The van der Waals surface area contributed by atoms with Crippen LogP contribution < -0.4 is 5.73 Å². The van der Waals surface area contributed by atoms with Gasteiger partial charge < -0.3 is 5.73 Å². The normalized spacial score (nSPS) is 8.26. The monoisotopic (exact) mass is 366 g/mol. The summed E-state index contributed by atoms with van der Waals surface area (Å²) in [6.07, 6.45) is 0. The zero-order valence-corrected chi connectivity index (χ0v) is 14.6. The molecule has 0 rings (SSSR count). The van der Waals surface area contributed by atoms with Crippen LogP contribution in [0.15, 0.2) is 0 Å². The Morgan fingerprint density at radius 2 is 1.42 bits per heavy atom. The van der Waals surface area contributed by atoms with Gasteiger partial charge in [0.25, 0.3) is 0 Å². The van der Waals surface area contributed by atoms with Crippen molar-refractivity contribution in [3.05, 3.63) is 0 Å². The molecule has 0 radical (unpaired) electrons. The quantitative estimate of drug-likeness (QED) is 0.338. The van der Waals surface area contributed by atoms with Gasteiger partial charge in [-0.3, -0.25) is 15.0 Å². The van der Waals surface area contributed by atoms with Crippen LogP contribution in [0.3, 0.4) is 0 Å². The molecule has 112 valence electrons. The number of ketones is 2. The zero-order chi connectivity index (χ0) is 15.8. The third kappa shape index (κ3) is 38.1. The van der Waals surface area contributed by atoms with Gasteiger partial charge in [0.1, 0.15) is 0 Å². The van der Waals surface area contributed by atoms with Gasteiger partial charge in [0.05, 0.1) is 33.4 Å². The van der Waals surface area contributed by atoms with Gasteiger partial charge in [-0.15, -0.1) is 46.6 Å². The summed E-state index contributed by atoms with van der Waals surface area (Å²) >= 11 is 20.8. The third-order valence-electron chi connectivity index (χ3n) is 0.897. The van der Waals surface area contributed by atoms with Crippen molar-refractivity contribution in [2.24, 2.45) is 5.73 Å². The van der Waals surface area contributed by atoms with E-state index < -0.39 is 0 Å². The van der Waals surface area contributed by atoms with Crippen LogP contribution in [0, 0.1) is 5.41 Å². The molecule has 0 aromatic carbocycles. The molecule has 0 atom stereocenters. The summed E-state index contributed by atoms with van der Waals surface area (Å²) in [6.45, 7) is 3.32. The van der Waals surface area contributed by atoms with E-state index in [0.717, 1.165) is 0 Å². The van der Waals surface area contributed by atoms with Gasteiger partial charge in [-0.05, 0) is 13.8 Å². The number of carbonyl (C=O) groups is 2. The minimum atomic E-state index is -0.127. The van der Waals surface area contributed by atoms with Crippen LogP contribution in [0.5, 0.6) is 0 Å². The number of carbonyl (C=O) groups excluding carboxylic acids is 2. The molecule has 0 bridgehead atoms. The summed E-state index contributed by atoms with van der Waals surface area (Å²) in [5.41, 5.74) is 4.84. The maximum atomic E-state index is 10.5. The lowest BCUT2D eigenvalue weighted by Gasteiger charge is -1.92. The molecule has 0 amide bonds. The Hall–Kier alpha value is 0.120. The first-order chi connectivity index (χ1) is 8.70. The average Bonchev–Trinajstić information content (AvgIpc) is 2.34. The molecule has 0 aliphatic carbocycles. The number of hydrogen-bond donors (Lipinski definition) is 2. The molecule has 0 aromatic rings. The molecule has 0 aromatic heterocycles. The fourth-order valence-corrected chi connectivity index (χ4v) is 1.23. The first kappa shape index (κ1) is 24.2. The minimum Gasteiger partial charge on any atom is -0.394 e. The lowest BCUT2D eigenvalue weighted by molar-refractivity contribution is -0.115. The van der Waals surface area contributed by atoms with Crippen LogP contribution in [0.1, 0.15) is 13.8 Å². The Morgan fingerprint density at radius 3 is 1.58 bits per heavy atom. The summed E-state index contributed by atoms with van der Waals surface area (Å²) in [5.74, 6) is 0.304. The van der Waals surface area contributed by atoms with Crippen molar-refractivity contribution in [2.75, 3.05) is 23.4 Å². The molecule has 0 unspecified atom stereocenters. The largest absolute Gasteiger partial charge is 0.394 e. The SMILES string of the molecule is CC(=N)SCC(=O)CCl.CC(N)=S.O=C(CCl)CCl. The van der Waals surface area contributed by atoms with E-state index in [2.05, 4.69) is 12.2 Å². The number of Topliss-reactive ketones (excluding diaryl/α,β-unsaturated/α-hetero) is 2. The van der Waals surface area contributed by atoms with Crippen molar-refractivity contribution >= 4 is 80.4 Å². The third-order valence-corrected chi connectivity index (χ3v) is 2.69. The van der Waals surface area contributed by atoms with Crippen LogP contribution in [0.25, 0.3) is 0 Å². The van der Waals surface area contributed by atoms with E-state index in [-0.39, 0.29) is 29.2 Å². The molecule has 19 heavy (non-hydrogen) atoms. The lowest BCUT2D eigenvalue weighted by atomic mass is 10.5. The number of nitrogens with two attached hydrogens (primary N) is 1. The Balaban J connectivity index is -0.000000222. The number of thioether (sulfide) groups is 1. The highest BCUT2D eigenvalue weighted by Crippen LogP contribution is 2.01. The minimum absolute atomic E-state index is 0.0201. The van der Waals surface area contributed by atoms with E-state index in [1.54, 1.807) is 13.8 Å². The number of nitrogens with one attached hydrogen (secondary N) is 1. The number of rotatable bonds is 5. The first-order valence-corrected chi connectivity index (χ1v) is 7.86. The lowest BCUT2D eigenvalue weighted by Crippen LogP contribution is -2.03. The molecule has 0 saturated carbocycles. The summed E-state index contributed by atoms with van der Waals surface area (Å²) < 4.78 is 0. The highest BCUT2D eigenvalue weighted by atomic mass is 35.5. The maximum Gasteiger partial charge on any atom is 0.162 e. The second kappa shape index (κ2) is 18.1. The van der Waals surface area contributed by atoms with Gasteiger partial charge in [-0.2, -0.15) is 0 Å². The summed E-state index contributed by atoms with van der Waals surface area (Å²) in [7, 11) is 0. The van der Waals surface area contributed by atoms with E-state index in [1.165, 1.54) is 11.8 Å². The van der Waals surface area contributed by atoms with E-state index in [1.807, 2.05) is 0 Å². The number of hydrogen-bond acceptors (Lipinski definition) is 5. The van der Waals surface area contributed by atoms with Gasteiger partial charge in [0.15, 0.2) is 11.6 Å². The average molecular weight is 368 g/mol. The standard InChI is InChI=1S/C5H8ClNOS.C3H4Cl2O.C2H5NS/c1-4(7)9-3-5(8)2-6;4-1-3(6)2-5;1-2(3)4/h7H,2-3H2,1H3;1-2H2;1H3,(H2,3,4). The summed E-state index contributed by atoms with van der Waals surface area (Å²) in [5, 5.41) is 7.38. The van der Waals surface area contributed by atoms with Crippen molar-refractivity contribution in [1.82, 2.24) is 0 Å². The van der Waals surface area contributed by atoms with Crippen LogP contribution >= 0.6 is 58.8 Å². The highest BCUT2D eigenvalue weighted by molar-refractivity contribution is 8.14. The molecule has 0 aliphatic rings. The van der Waals surface area contributed by atoms with E-state index in [0.29, 0.717) is 15.8 Å². The molecule has 9 heteroatoms. The van der Waals surface area contributed by atoms with Crippen molar-refractivity contribution in [3.63, 3.8) is 0 Å². The summed E-state index contributed by atoms with van der Waals surface area (Å²) in [6, 6.07) is 0. The van der Waals surface area contributed by atoms with Gasteiger partial charge in [-0.25, -0.2) is 0 Å². The van der Waals surface area contributed by atoms with Gasteiger partial charge in [0, 0.05) is 0 Å². The number of thiocarbonyl (C=S) groups is 1. The van der Waals surface area contributed by atoms with Crippen molar-refractivity contribution in [2.45, 2.75) is 13.8 Å². The maximum absolute atomic E-state index is 10.5. The Bertz CT molecular complexity index is 292. The Labute approximate surface area is 138 Å². The van der Waals surface area contributed by atoms with E-state index >= 15 is 0 Å². The predicted molar refractivity (Wildman–Crippen MR) is 90.5 cm³/mol. The molecule has 0 fully saturated rings. The van der Waals surface area contributed by atoms with Crippen molar-refractivity contribution in [1.29, 1.82) is 5.41 Å². The van der Waals surface area contributed by atoms with E-state index in [9.17, 15) is 9.59 Å². The fourth-order valence-electron chi connectivity index (χ4n) is 0.263. The highest BCUT2D eigenvalue weighted by Gasteiger charge is 1.98. The van der Waals surface area contributed by atoms with Gasteiger partial charge in [0.2, 0.25) is 0 Å². The smallest absolute Gasteiger partial charge is 0.162 e. The molecular weight excluding hydrogens is 351 g/mol. The first-order valence-electron chi connectivity index (χ1n) is 4.86. The zero-order valence-electron chi connectivity index (χ0n) is 10.7. The molecule has 0 heterocycles. The number of alkyl halides is 3. The second-order valence-corrected chi connectivity index (χ2v) is 5.57. The van der Waals surface area contributed by atoms with Crippen LogP contribution in [0.2, 0.25) is 0 Å². The van der Waals surface area contributed by atoms with E-state index in [4.69, 9.17) is 45.9 Å². The molecule has 0 aliphatic heterocycles. The van der Waals surface area contributed by atoms with Gasteiger partial charge >= 0.3 is 0 Å². The predicted octanol–water partition coefficient (Wildman–Crippen LogP) is 2.85. The topological polar surface area (TPSA) is 84.0 Å². The molecule has 4 nitrogen and oxygen atoms in total. The van der Waals surface area contributed by atoms with Crippen LogP contribution in [-0.4, -0.2) is 45.0 Å². The van der Waals surface area contributed by atoms with Crippen LogP contribution in [-0.2, 0) is 9.59 Å². The molecule has 3 N–H and O–H groups in total. The Kier molecular flexibility index (Phi) is 23.0. The van der Waals surface area contributed by atoms with Crippen molar-refractivity contribution in [3.8, 4) is 0 Å². The van der Waals surface area contributed by atoms with Crippen molar-refractivity contribution < 1.29 is 9.59 Å². The molecule has 0 saturated heterocycles. The van der Waals surface area contributed by atoms with Gasteiger partial charge in [-0.1, -0.05) is 12.2 Å². The van der Waals surface area contributed by atoms with Crippen LogP contribution in [0.4, 0.5) is 0 Å².